The van der Waals surface area contributed by atoms with Crippen molar-refractivity contribution in [1.82, 2.24) is 0 Å². The number of rotatable bonds is 0. The molecule has 0 radical (unpaired) electrons. The van der Waals surface area contributed by atoms with Crippen LogP contribution in [0.4, 0.5) is 0 Å². The van der Waals surface area contributed by atoms with Gasteiger partial charge in [0, 0.05) is 5.56 Å². The van der Waals surface area contributed by atoms with E-state index < -0.39 is 0 Å². The molecule has 2 heteroatoms. The van der Waals surface area contributed by atoms with E-state index in [1.54, 1.807) is 6.08 Å². The summed E-state index contributed by atoms with van der Waals surface area (Å²) in [7, 11) is 0. The van der Waals surface area contributed by atoms with Gasteiger partial charge in [0.2, 0.25) is 0 Å². The van der Waals surface area contributed by atoms with Crippen molar-refractivity contribution < 1.29 is 4.79 Å². The van der Waals surface area contributed by atoms with Gasteiger partial charge in [-0.15, -0.1) is 17.0 Å². The van der Waals surface area contributed by atoms with Crippen molar-refractivity contribution in [3.05, 3.63) is 41.5 Å². The minimum absolute atomic E-state index is 0. The van der Waals surface area contributed by atoms with Crippen molar-refractivity contribution in [2.75, 3.05) is 0 Å². The zero-order valence-corrected chi connectivity index (χ0v) is 7.49. The Bertz CT molecular complexity index is 315. The van der Waals surface area contributed by atoms with Crippen LogP contribution in [0.25, 0.3) is 6.08 Å². The Labute approximate surface area is 75.5 Å². The maximum absolute atomic E-state index is 11.0. The molecule has 0 unspecified atom stereocenters. The van der Waals surface area contributed by atoms with Crippen LogP contribution in [0, 0.1) is 0 Å². The van der Waals surface area contributed by atoms with E-state index in [1.807, 2.05) is 30.3 Å². The molecule has 0 bridgehead atoms. The van der Waals surface area contributed by atoms with Gasteiger partial charge in [0.25, 0.3) is 0 Å². The third-order valence-electron chi connectivity index (χ3n) is 1.64. The van der Waals surface area contributed by atoms with Crippen LogP contribution in [0.1, 0.15) is 15.9 Å². The van der Waals surface area contributed by atoms with Crippen LogP contribution >= 0.6 is 17.0 Å². The van der Waals surface area contributed by atoms with E-state index in [0.29, 0.717) is 0 Å². The zero-order chi connectivity index (χ0) is 6.97. The summed E-state index contributed by atoms with van der Waals surface area (Å²) in [5.41, 5.74) is 1.86. The van der Waals surface area contributed by atoms with E-state index in [9.17, 15) is 4.79 Å². The molecule has 0 spiro atoms. The van der Waals surface area contributed by atoms with Crippen LogP contribution < -0.4 is 0 Å². The first-order valence-corrected chi connectivity index (χ1v) is 3.19. The summed E-state index contributed by atoms with van der Waals surface area (Å²) in [6.07, 6.45) is 3.45. The molecular weight excluding hydrogens is 204 g/mol. The number of carbonyl (C=O) groups is 1. The molecule has 0 heterocycles. The van der Waals surface area contributed by atoms with Crippen molar-refractivity contribution in [3.63, 3.8) is 0 Å². The molecule has 0 aromatic heterocycles. The van der Waals surface area contributed by atoms with Crippen LogP contribution in [0.3, 0.4) is 0 Å². The van der Waals surface area contributed by atoms with Crippen LogP contribution in [-0.4, -0.2) is 5.78 Å². The third kappa shape index (κ3) is 1.26. The first-order chi connectivity index (χ1) is 4.88. The van der Waals surface area contributed by atoms with Crippen molar-refractivity contribution in [3.8, 4) is 0 Å². The monoisotopic (exact) mass is 210 g/mol. The molecule has 1 aromatic carbocycles. The smallest absolute Gasteiger partial charge is 0.186 e. The number of benzene rings is 1. The van der Waals surface area contributed by atoms with Crippen molar-refractivity contribution in [1.29, 1.82) is 0 Å². The fourth-order valence-electron chi connectivity index (χ4n) is 1.12. The molecule has 56 valence electrons. The second-order valence-corrected chi connectivity index (χ2v) is 2.28. The van der Waals surface area contributed by atoms with E-state index >= 15 is 0 Å². The summed E-state index contributed by atoms with van der Waals surface area (Å²) in [5.74, 6) is 0.121. The Kier molecular flexibility index (Phi) is 2.25. The zero-order valence-electron chi connectivity index (χ0n) is 5.78. The van der Waals surface area contributed by atoms with Gasteiger partial charge >= 0.3 is 0 Å². The van der Waals surface area contributed by atoms with Crippen LogP contribution in [-0.2, 0) is 0 Å². The van der Waals surface area contributed by atoms with Crippen LogP contribution in [0.2, 0.25) is 0 Å². The molecule has 0 amide bonds. The van der Waals surface area contributed by atoms with Gasteiger partial charge in [-0.1, -0.05) is 30.3 Å². The first kappa shape index (κ1) is 8.21. The molecule has 1 aliphatic carbocycles. The van der Waals surface area contributed by atoms with Crippen LogP contribution in [0.15, 0.2) is 30.3 Å². The van der Waals surface area contributed by atoms with Crippen molar-refractivity contribution >= 4 is 28.8 Å². The van der Waals surface area contributed by atoms with E-state index in [-0.39, 0.29) is 22.8 Å². The van der Waals surface area contributed by atoms with E-state index in [0.717, 1.165) is 11.1 Å². The van der Waals surface area contributed by atoms with E-state index in [4.69, 9.17) is 0 Å². The largest absolute Gasteiger partial charge is 0.289 e. The van der Waals surface area contributed by atoms with E-state index in [2.05, 4.69) is 0 Å². The highest BCUT2D eigenvalue weighted by molar-refractivity contribution is 8.93. The summed E-state index contributed by atoms with van der Waals surface area (Å²) < 4.78 is 0. The first-order valence-electron chi connectivity index (χ1n) is 3.19. The fraction of sp³-hybridized carbons (Fsp3) is 0. The molecule has 1 aromatic rings. The highest BCUT2D eigenvalue weighted by atomic mass is 79.9. The lowest BCUT2D eigenvalue weighted by molar-refractivity contribution is 0.105. The standard InChI is InChI=1S/C9H6O.BrH/c10-9-6-5-7-3-1-2-4-8(7)9;/h1-6H;1H. The van der Waals surface area contributed by atoms with Crippen molar-refractivity contribution in [2.24, 2.45) is 0 Å². The third-order valence-corrected chi connectivity index (χ3v) is 1.64. The van der Waals surface area contributed by atoms with Gasteiger partial charge in [-0.25, -0.2) is 0 Å². The average Bonchev–Trinajstić information content (AvgIpc) is 2.34. The number of carbonyl (C=O) groups excluding carboxylic acids is 1. The molecule has 0 N–H and O–H groups in total. The highest BCUT2D eigenvalue weighted by Gasteiger charge is 2.10. The second-order valence-electron chi connectivity index (χ2n) is 2.28. The Balaban J connectivity index is 0.000000605. The van der Waals surface area contributed by atoms with Gasteiger partial charge in [-0.2, -0.15) is 0 Å². The molecule has 0 aliphatic heterocycles. The molecule has 1 aliphatic rings. The summed E-state index contributed by atoms with van der Waals surface area (Å²) in [4.78, 5) is 11.0. The van der Waals surface area contributed by atoms with Gasteiger partial charge in [-0.05, 0) is 11.6 Å². The number of hydrogen-bond donors (Lipinski definition) is 0. The number of halogens is 1. The lowest BCUT2D eigenvalue weighted by Crippen LogP contribution is -1.89. The van der Waals surface area contributed by atoms with Gasteiger partial charge in [0.1, 0.15) is 0 Å². The normalized spacial score (nSPS) is 12.5. The predicted molar refractivity (Wildman–Crippen MR) is 50.1 cm³/mol. The maximum atomic E-state index is 11.0. The number of allylic oxidation sites excluding steroid dienone is 1. The summed E-state index contributed by atoms with van der Waals surface area (Å²) in [6, 6.07) is 7.60. The Morgan fingerprint density at radius 1 is 1.00 bits per heavy atom. The van der Waals surface area contributed by atoms with E-state index in [1.165, 1.54) is 0 Å². The molecule has 11 heavy (non-hydrogen) atoms. The maximum Gasteiger partial charge on any atom is 0.186 e. The van der Waals surface area contributed by atoms with Gasteiger partial charge in [0.05, 0.1) is 0 Å². The minimum Gasteiger partial charge on any atom is -0.289 e. The van der Waals surface area contributed by atoms with Crippen LogP contribution in [0.5, 0.6) is 0 Å². The lowest BCUT2D eigenvalue weighted by atomic mass is 10.1. The SMILES string of the molecule is Br.O=C1C=Cc2ccccc21. The van der Waals surface area contributed by atoms with Gasteiger partial charge < -0.3 is 0 Å². The minimum atomic E-state index is 0. The fourth-order valence-corrected chi connectivity index (χ4v) is 1.12. The summed E-state index contributed by atoms with van der Waals surface area (Å²) >= 11 is 0. The lowest BCUT2D eigenvalue weighted by Gasteiger charge is -1.92. The average molecular weight is 211 g/mol. The van der Waals surface area contributed by atoms with Crippen molar-refractivity contribution in [2.45, 2.75) is 0 Å². The summed E-state index contributed by atoms with van der Waals surface area (Å²) in [5, 5.41) is 0. The number of fused-ring (bicyclic) bond motifs is 1. The topological polar surface area (TPSA) is 17.1 Å². The van der Waals surface area contributed by atoms with Gasteiger partial charge in [-0.3, -0.25) is 4.79 Å². The molecule has 1 nitrogen and oxygen atoms in total. The van der Waals surface area contributed by atoms with Gasteiger partial charge in [0.15, 0.2) is 5.78 Å². The summed E-state index contributed by atoms with van der Waals surface area (Å²) in [6.45, 7) is 0. The molecular formula is C9H7BrO. The predicted octanol–water partition coefficient (Wildman–Crippen LogP) is 2.47. The number of ketones is 1. The Morgan fingerprint density at radius 3 is 2.45 bits per heavy atom. The molecule has 0 fully saturated rings. The highest BCUT2D eigenvalue weighted by Crippen LogP contribution is 2.17. The molecule has 2 rings (SSSR count). The number of hydrogen-bond acceptors (Lipinski definition) is 1. The molecule has 0 saturated heterocycles. The Hall–Kier alpha value is -0.890. The second kappa shape index (κ2) is 3.01. The molecule has 0 atom stereocenters. The quantitative estimate of drug-likeness (QED) is 0.644. The molecule has 0 saturated carbocycles. The Morgan fingerprint density at radius 2 is 1.73 bits per heavy atom.